The normalized spacial score (nSPS) is 12.9. The van der Waals surface area contributed by atoms with E-state index in [0.717, 1.165) is 4.88 Å². The van der Waals surface area contributed by atoms with Gasteiger partial charge in [-0.15, -0.1) is 11.3 Å². The summed E-state index contributed by atoms with van der Waals surface area (Å²) in [6.07, 6.45) is 0. The molecule has 0 aliphatic carbocycles. The predicted molar refractivity (Wildman–Crippen MR) is 123 cm³/mol. The molecule has 0 fully saturated rings. The summed E-state index contributed by atoms with van der Waals surface area (Å²) in [4.78, 5) is 13.9. The van der Waals surface area contributed by atoms with Crippen LogP contribution in [0.4, 0.5) is 4.39 Å². The Bertz CT molecular complexity index is 1190. The summed E-state index contributed by atoms with van der Waals surface area (Å²) in [6.45, 7) is 5.17. The number of rotatable bonds is 7. The first kappa shape index (κ1) is 23.9. The van der Waals surface area contributed by atoms with E-state index in [-0.39, 0.29) is 22.0 Å². The summed E-state index contributed by atoms with van der Waals surface area (Å²) < 4.78 is 47.0. The summed E-state index contributed by atoms with van der Waals surface area (Å²) in [7, 11) is -2.57. The van der Waals surface area contributed by atoms with Crippen molar-refractivity contribution in [2.45, 2.75) is 37.2 Å². The van der Waals surface area contributed by atoms with E-state index in [9.17, 15) is 17.6 Å². The molecule has 0 saturated heterocycles. The first-order valence-corrected chi connectivity index (χ1v) is 12.2. The number of nitrogens with one attached hydrogen (secondary N) is 2. The molecule has 0 saturated carbocycles. The van der Waals surface area contributed by atoms with Gasteiger partial charge in [0.05, 0.1) is 13.2 Å². The van der Waals surface area contributed by atoms with E-state index in [1.165, 1.54) is 48.8 Å². The molecule has 0 spiro atoms. The Morgan fingerprint density at radius 1 is 1.09 bits per heavy atom. The fourth-order valence-corrected chi connectivity index (χ4v) is 5.55. The molecule has 1 atom stereocenters. The van der Waals surface area contributed by atoms with E-state index in [4.69, 9.17) is 4.74 Å². The molecule has 0 unspecified atom stereocenters. The number of benzene rings is 2. The molecule has 0 radical (unpaired) electrons. The molecule has 1 amide bonds. The predicted octanol–water partition coefficient (Wildman–Crippen LogP) is 4.49. The number of carbonyl (C=O) groups excluding carboxylic acids is 1. The number of sulfonamides is 1. The van der Waals surface area contributed by atoms with Crippen molar-refractivity contribution >= 4 is 27.3 Å². The van der Waals surface area contributed by atoms with Crippen LogP contribution < -0.4 is 14.8 Å². The standard InChI is InChI=1S/C23H25FN2O4S2/c1-23(2,3)26-32(28,29)20-14-16(9-12-18(20)30-4)22(27)25-21(19-6-5-13-31-19)15-7-10-17(24)11-8-15/h5-14,21,26H,1-4H3,(H,25,27)/t21-/m1/s1. The molecule has 0 aliphatic heterocycles. The van der Waals surface area contributed by atoms with Crippen molar-refractivity contribution in [1.29, 1.82) is 0 Å². The minimum Gasteiger partial charge on any atom is -0.495 e. The van der Waals surface area contributed by atoms with Crippen molar-refractivity contribution in [3.8, 4) is 5.75 Å². The first-order chi connectivity index (χ1) is 15.0. The highest BCUT2D eigenvalue weighted by atomic mass is 32.2. The van der Waals surface area contributed by atoms with Crippen LogP contribution in [0.1, 0.15) is 47.6 Å². The van der Waals surface area contributed by atoms with E-state index < -0.39 is 27.5 Å². The van der Waals surface area contributed by atoms with Gasteiger partial charge < -0.3 is 10.1 Å². The molecule has 6 nitrogen and oxygen atoms in total. The molecule has 170 valence electrons. The second-order valence-electron chi connectivity index (χ2n) is 8.19. The van der Waals surface area contributed by atoms with Crippen LogP contribution in [0, 0.1) is 5.82 Å². The van der Waals surface area contributed by atoms with Gasteiger partial charge in [0.15, 0.2) is 0 Å². The number of carbonyl (C=O) groups is 1. The molecular formula is C23H25FN2O4S2. The molecule has 0 bridgehead atoms. The summed E-state index contributed by atoms with van der Waals surface area (Å²) in [5.74, 6) is -0.712. The van der Waals surface area contributed by atoms with Crippen molar-refractivity contribution in [2.24, 2.45) is 0 Å². The summed E-state index contributed by atoms with van der Waals surface area (Å²) in [6, 6.07) is 13.3. The summed E-state index contributed by atoms with van der Waals surface area (Å²) in [5.41, 5.74) is 0.149. The van der Waals surface area contributed by atoms with E-state index in [0.29, 0.717) is 5.56 Å². The highest BCUT2D eigenvalue weighted by Gasteiger charge is 2.27. The molecule has 32 heavy (non-hydrogen) atoms. The molecule has 3 rings (SSSR count). The van der Waals surface area contributed by atoms with Crippen LogP contribution in [0.5, 0.6) is 5.75 Å². The van der Waals surface area contributed by atoms with Gasteiger partial charge in [0.2, 0.25) is 10.0 Å². The van der Waals surface area contributed by atoms with Gasteiger partial charge in [0.1, 0.15) is 16.5 Å². The highest BCUT2D eigenvalue weighted by Crippen LogP contribution is 2.29. The number of thiophene rings is 1. The lowest BCUT2D eigenvalue weighted by Gasteiger charge is -2.22. The second-order valence-corrected chi connectivity index (χ2v) is 10.8. The maximum atomic E-state index is 13.4. The maximum Gasteiger partial charge on any atom is 0.252 e. The monoisotopic (exact) mass is 476 g/mol. The van der Waals surface area contributed by atoms with Gasteiger partial charge in [0, 0.05) is 16.0 Å². The minimum atomic E-state index is -3.94. The number of amides is 1. The Labute approximate surface area is 191 Å². The zero-order chi connectivity index (χ0) is 23.5. The maximum absolute atomic E-state index is 13.4. The SMILES string of the molecule is COc1ccc(C(=O)N[C@H](c2ccc(F)cc2)c2cccs2)cc1S(=O)(=O)NC(C)(C)C. The molecule has 2 aromatic carbocycles. The Morgan fingerprint density at radius 2 is 1.78 bits per heavy atom. The lowest BCUT2D eigenvalue weighted by molar-refractivity contribution is 0.0943. The van der Waals surface area contributed by atoms with Gasteiger partial charge in [-0.05, 0) is 68.1 Å². The number of ether oxygens (including phenoxy) is 1. The largest absolute Gasteiger partial charge is 0.495 e. The number of methoxy groups -OCH3 is 1. The Balaban J connectivity index is 1.96. The third kappa shape index (κ3) is 5.73. The van der Waals surface area contributed by atoms with Gasteiger partial charge in [0.25, 0.3) is 5.91 Å². The minimum absolute atomic E-state index is 0.128. The van der Waals surface area contributed by atoms with Crippen LogP contribution in [0.3, 0.4) is 0 Å². The molecule has 2 N–H and O–H groups in total. The zero-order valence-electron chi connectivity index (χ0n) is 18.2. The molecule has 3 aromatic rings. The van der Waals surface area contributed by atoms with Crippen LogP contribution >= 0.6 is 11.3 Å². The van der Waals surface area contributed by atoms with Gasteiger partial charge >= 0.3 is 0 Å². The highest BCUT2D eigenvalue weighted by molar-refractivity contribution is 7.89. The van der Waals surface area contributed by atoms with Gasteiger partial charge in [-0.1, -0.05) is 18.2 Å². The van der Waals surface area contributed by atoms with E-state index >= 15 is 0 Å². The summed E-state index contributed by atoms with van der Waals surface area (Å²) in [5, 5.41) is 4.81. The van der Waals surface area contributed by atoms with Crippen molar-refractivity contribution in [1.82, 2.24) is 10.0 Å². The van der Waals surface area contributed by atoms with Crippen LogP contribution in [-0.2, 0) is 10.0 Å². The van der Waals surface area contributed by atoms with Crippen molar-refractivity contribution in [2.75, 3.05) is 7.11 Å². The quantitative estimate of drug-likeness (QED) is 0.526. The van der Waals surface area contributed by atoms with Crippen LogP contribution in [0.15, 0.2) is 64.9 Å². The summed E-state index contributed by atoms with van der Waals surface area (Å²) >= 11 is 1.45. The number of halogens is 1. The van der Waals surface area contributed by atoms with Gasteiger partial charge in [-0.2, -0.15) is 0 Å². The third-order valence-electron chi connectivity index (χ3n) is 4.46. The lowest BCUT2D eigenvalue weighted by atomic mass is 10.0. The van der Waals surface area contributed by atoms with Crippen molar-refractivity contribution in [3.63, 3.8) is 0 Å². The Morgan fingerprint density at radius 3 is 2.34 bits per heavy atom. The first-order valence-electron chi connectivity index (χ1n) is 9.82. The molecule has 9 heteroatoms. The van der Waals surface area contributed by atoms with Crippen LogP contribution in [-0.4, -0.2) is 27.0 Å². The zero-order valence-corrected chi connectivity index (χ0v) is 19.8. The van der Waals surface area contributed by atoms with Gasteiger partial charge in [-0.3, -0.25) is 4.79 Å². The van der Waals surface area contributed by atoms with Crippen molar-refractivity contribution < 1.29 is 22.3 Å². The third-order valence-corrected chi connectivity index (χ3v) is 7.18. The van der Waals surface area contributed by atoms with E-state index in [1.54, 1.807) is 32.9 Å². The second kappa shape index (κ2) is 9.40. The van der Waals surface area contributed by atoms with E-state index in [1.807, 2.05) is 17.5 Å². The topological polar surface area (TPSA) is 84.5 Å². The van der Waals surface area contributed by atoms with Crippen LogP contribution in [0.25, 0.3) is 0 Å². The number of hydrogen-bond donors (Lipinski definition) is 2. The Hall–Kier alpha value is -2.75. The molecule has 1 aromatic heterocycles. The fraction of sp³-hybridized carbons (Fsp3) is 0.261. The molecular weight excluding hydrogens is 451 g/mol. The number of hydrogen-bond acceptors (Lipinski definition) is 5. The Kier molecular flexibility index (Phi) is 7.02. The van der Waals surface area contributed by atoms with Crippen molar-refractivity contribution in [3.05, 3.63) is 81.8 Å². The average molecular weight is 477 g/mol. The van der Waals surface area contributed by atoms with Gasteiger partial charge in [-0.25, -0.2) is 17.5 Å². The molecule has 1 heterocycles. The average Bonchev–Trinajstić information content (AvgIpc) is 3.25. The van der Waals surface area contributed by atoms with E-state index in [2.05, 4.69) is 10.0 Å². The van der Waals surface area contributed by atoms with Crippen LogP contribution in [0.2, 0.25) is 0 Å². The fourth-order valence-electron chi connectivity index (χ4n) is 3.13. The smallest absolute Gasteiger partial charge is 0.252 e. The lowest BCUT2D eigenvalue weighted by Crippen LogP contribution is -2.40. The molecule has 0 aliphatic rings.